The van der Waals surface area contributed by atoms with E-state index in [2.05, 4.69) is 27.9 Å². The molecule has 5 heteroatoms. The van der Waals surface area contributed by atoms with Crippen molar-refractivity contribution in [1.29, 1.82) is 0 Å². The van der Waals surface area contributed by atoms with Gasteiger partial charge in [0.2, 0.25) is 0 Å². The minimum atomic E-state index is -0.341. The van der Waals surface area contributed by atoms with E-state index in [1.54, 1.807) is 4.90 Å². The fourth-order valence-corrected chi connectivity index (χ4v) is 3.10. The van der Waals surface area contributed by atoms with Crippen molar-refractivity contribution in [2.75, 3.05) is 33.7 Å². The Morgan fingerprint density at radius 3 is 2.70 bits per heavy atom. The van der Waals surface area contributed by atoms with E-state index in [4.69, 9.17) is 0 Å². The van der Waals surface area contributed by atoms with Crippen LogP contribution in [0.3, 0.4) is 0 Å². The predicted molar refractivity (Wildman–Crippen MR) is 81.3 cm³/mol. The van der Waals surface area contributed by atoms with Gasteiger partial charge in [-0.25, -0.2) is 4.39 Å². The van der Waals surface area contributed by atoms with Crippen molar-refractivity contribution >= 4 is 21.8 Å². The SMILES string of the molecule is CN1CCC(CN(C)C(=O)c2ccc(F)cc2Br)CC1. The molecule has 0 aliphatic carbocycles. The molecule has 3 nitrogen and oxygen atoms in total. The van der Waals surface area contributed by atoms with E-state index in [1.165, 1.54) is 18.2 Å². The van der Waals surface area contributed by atoms with E-state index in [0.29, 0.717) is 16.0 Å². The molecule has 1 aliphatic rings. The van der Waals surface area contributed by atoms with Crippen LogP contribution < -0.4 is 0 Å². The fraction of sp³-hybridized carbons (Fsp3) is 0.533. The molecule has 0 N–H and O–H groups in total. The Kier molecular flexibility index (Phi) is 5.16. The molecule has 0 spiro atoms. The van der Waals surface area contributed by atoms with Gasteiger partial charge < -0.3 is 9.80 Å². The maximum absolute atomic E-state index is 13.1. The number of halogens is 2. The molecular formula is C15H20BrFN2O. The van der Waals surface area contributed by atoms with Crippen LogP contribution in [-0.2, 0) is 0 Å². The first-order valence-corrected chi connectivity index (χ1v) is 7.65. The van der Waals surface area contributed by atoms with Gasteiger partial charge in [0.05, 0.1) is 5.56 Å². The Balaban J connectivity index is 1.98. The van der Waals surface area contributed by atoms with E-state index < -0.39 is 0 Å². The summed E-state index contributed by atoms with van der Waals surface area (Å²) in [7, 11) is 3.94. The standard InChI is InChI=1S/C15H20BrFN2O/c1-18-7-5-11(6-8-18)10-19(2)15(20)13-4-3-12(17)9-14(13)16/h3-4,9,11H,5-8,10H2,1-2H3. The minimum Gasteiger partial charge on any atom is -0.341 e. The minimum absolute atomic E-state index is 0.0594. The zero-order valence-corrected chi connectivity index (χ0v) is 13.5. The van der Waals surface area contributed by atoms with Gasteiger partial charge in [0.15, 0.2) is 0 Å². The third-order valence-electron chi connectivity index (χ3n) is 3.88. The number of likely N-dealkylation sites (tertiary alicyclic amines) is 1. The van der Waals surface area contributed by atoms with Crippen molar-refractivity contribution in [2.45, 2.75) is 12.8 Å². The second kappa shape index (κ2) is 6.68. The van der Waals surface area contributed by atoms with E-state index in [1.807, 2.05) is 7.05 Å². The normalized spacial score (nSPS) is 17.2. The molecule has 0 atom stereocenters. The molecule has 1 amide bonds. The summed E-state index contributed by atoms with van der Waals surface area (Å²) in [6, 6.07) is 4.19. The molecule has 1 aliphatic heterocycles. The van der Waals surface area contributed by atoms with Crippen LogP contribution in [0.5, 0.6) is 0 Å². The summed E-state index contributed by atoms with van der Waals surface area (Å²) < 4.78 is 13.6. The van der Waals surface area contributed by atoms with Crippen molar-refractivity contribution in [1.82, 2.24) is 9.80 Å². The molecule has 1 aromatic rings. The summed E-state index contributed by atoms with van der Waals surface area (Å²) in [5.41, 5.74) is 0.516. The number of piperidine rings is 1. The first kappa shape index (κ1) is 15.4. The lowest BCUT2D eigenvalue weighted by molar-refractivity contribution is 0.0746. The quantitative estimate of drug-likeness (QED) is 0.842. The Morgan fingerprint density at radius 1 is 1.45 bits per heavy atom. The molecule has 1 aromatic carbocycles. The lowest BCUT2D eigenvalue weighted by atomic mass is 9.96. The third-order valence-corrected chi connectivity index (χ3v) is 4.53. The van der Waals surface area contributed by atoms with Crippen LogP contribution in [0.2, 0.25) is 0 Å². The van der Waals surface area contributed by atoms with Gasteiger partial charge in [0.25, 0.3) is 5.91 Å². The number of nitrogens with zero attached hydrogens (tertiary/aromatic N) is 2. The van der Waals surface area contributed by atoms with Crippen molar-refractivity contribution < 1.29 is 9.18 Å². The molecule has 1 heterocycles. The molecule has 20 heavy (non-hydrogen) atoms. The third kappa shape index (κ3) is 3.79. The smallest absolute Gasteiger partial charge is 0.254 e. The molecule has 0 saturated carbocycles. The highest BCUT2D eigenvalue weighted by Gasteiger charge is 2.22. The number of amides is 1. The topological polar surface area (TPSA) is 23.6 Å². The van der Waals surface area contributed by atoms with Gasteiger partial charge in [-0.1, -0.05) is 0 Å². The van der Waals surface area contributed by atoms with Crippen LogP contribution in [0.4, 0.5) is 4.39 Å². The fourth-order valence-electron chi connectivity index (χ4n) is 2.58. The molecule has 1 fully saturated rings. The second-order valence-corrected chi connectivity index (χ2v) is 6.41. The number of benzene rings is 1. The maximum atomic E-state index is 13.1. The van der Waals surface area contributed by atoms with Crippen molar-refractivity contribution in [3.05, 3.63) is 34.1 Å². The van der Waals surface area contributed by atoms with Crippen molar-refractivity contribution in [3.8, 4) is 0 Å². The first-order chi connectivity index (χ1) is 9.47. The second-order valence-electron chi connectivity index (χ2n) is 5.56. The molecular weight excluding hydrogens is 323 g/mol. The van der Waals surface area contributed by atoms with Crippen LogP contribution in [0.1, 0.15) is 23.2 Å². The monoisotopic (exact) mass is 342 g/mol. The van der Waals surface area contributed by atoms with Crippen LogP contribution in [-0.4, -0.2) is 49.4 Å². The molecule has 1 saturated heterocycles. The van der Waals surface area contributed by atoms with E-state index in [-0.39, 0.29) is 11.7 Å². The molecule has 0 unspecified atom stereocenters. The molecule has 0 bridgehead atoms. The van der Waals surface area contributed by atoms with Crippen LogP contribution in [0.25, 0.3) is 0 Å². The van der Waals surface area contributed by atoms with Crippen LogP contribution >= 0.6 is 15.9 Å². The van der Waals surface area contributed by atoms with Crippen molar-refractivity contribution in [2.24, 2.45) is 5.92 Å². The number of carbonyl (C=O) groups excluding carboxylic acids is 1. The zero-order valence-electron chi connectivity index (χ0n) is 11.9. The van der Waals surface area contributed by atoms with Gasteiger partial charge in [-0.3, -0.25) is 4.79 Å². The van der Waals surface area contributed by atoms with E-state index >= 15 is 0 Å². The molecule has 110 valence electrons. The Hall–Kier alpha value is -0.940. The highest BCUT2D eigenvalue weighted by molar-refractivity contribution is 9.10. The summed E-state index contributed by atoms with van der Waals surface area (Å²) >= 11 is 3.25. The summed E-state index contributed by atoms with van der Waals surface area (Å²) in [6.45, 7) is 2.94. The van der Waals surface area contributed by atoms with Gasteiger partial charge >= 0.3 is 0 Å². The van der Waals surface area contributed by atoms with Gasteiger partial charge in [-0.2, -0.15) is 0 Å². The Bertz CT molecular complexity index is 487. The molecule has 2 rings (SSSR count). The summed E-state index contributed by atoms with van der Waals surface area (Å²) in [5, 5.41) is 0. The zero-order chi connectivity index (χ0) is 14.7. The lowest BCUT2D eigenvalue weighted by Gasteiger charge is -2.31. The summed E-state index contributed by atoms with van der Waals surface area (Å²) in [4.78, 5) is 16.4. The highest BCUT2D eigenvalue weighted by atomic mass is 79.9. The van der Waals surface area contributed by atoms with Crippen LogP contribution in [0, 0.1) is 11.7 Å². The Labute approximate surface area is 127 Å². The van der Waals surface area contributed by atoms with Gasteiger partial charge in [-0.05, 0) is 73.0 Å². The Morgan fingerprint density at radius 2 is 2.10 bits per heavy atom. The number of carbonyl (C=O) groups is 1. The van der Waals surface area contributed by atoms with Gasteiger partial charge in [0, 0.05) is 18.1 Å². The lowest BCUT2D eigenvalue weighted by Crippen LogP contribution is -2.38. The average Bonchev–Trinajstić information content (AvgIpc) is 2.40. The average molecular weight is 343 g/mol. The largest absolute Gasteiger partial charge is 0.341 e. The van der Waals surface area contributed by atoms with Crippen molar-refractivity contribution in [3.63, 3.8) is 0 Å². The summed E-state index contributed by atoms with van der Waals surface area (Å²) in [5.74, 6) is 0.154. The van der Waals surface area contributed by atoms with E-state index in [0.717, 1.165) is 32.5 Å². The maximum Gasteiger partial charge on any atom is 0.254 e. The van der Waals surface area contributed by atoms with Gasteiger partial charge in [0.1, 0.15) is 5.82 Å². The van der Waals surface area contributed by atoms with Crippen LogP contribution in [0.15, 0.2) is 22.7 Å². The van der Waals surface area contributed by atoms with Gasteiger partial charge in [-0.15, -0.1) is 0 Å². The molecule has 0 radical (unpaired) electrons. The molecule has 0 aromatic heterocycles. The number of rotatable bonds is 3. The summed E-state index contributed by atoms with van der Waals surface area (Å²) in [6.07, 6.45) is 2.25. The highest BCUT2D eigenvalue weighted by Crippen LogP contribution is 2.21. The predicted octanol–water partition coefficient (Wildman–Crippen LogP) is 3.00. The number of hydrogen-bond acceptors (Lipinski definition) is 2. The van der Waals surface area contributed by atoms with E-state index in [9.17, 15) is 9.18 Å². The first-order valence-electron chi connectivity index (χ1n) is 6.86. The number of hydrogen-bond donors (Lipinski definition) is 0.